The standard InChI is InChI=1S/C14H22N6O2.ClH/c1-19-8-10(7-11(19)13(21)22-3)17-14-18-12(9-20(14)2)16-6-4-5-15;/h7-9,16H,4-6,15H2,1-3H3,(H,17,18);1H. The van der Waals surface area contributed by atoms with Crippen molar-refractivity contribution < 1.29 is 9.53 Å². The van der Waals surface area contributed by atoms with Gasteiger partial charge >= 0.3 is 5.97 Å². The van der Waals surface area contributed by atoms with Gasteiger partial charge in [0.05, 0.1) is 12.8 Å². The Labute approximate surface area is 141 Å². The molecule has 8 nitrogen and oxygen atoms in total. The van der Waals surface area contributed by atoms with Gasteiger partial charge in [-0.05, 0) is 19.0 Å². The Morgan fingerprint density at radius 3 is 2.74 bits per heavy atom. The lowest BCUT2D eigenvalue weighted by Crippen LogP contribution is -2.08. The van der Waals surface area contributed by atoms with Crippen molar-refractivity contribution in [1.82, 2.24) is 14.1 Å². The molecule has 0 aromatic carbocycles. The normalized spacial score (nSPS) is 10.1. The molecule has 0 saturated heterocycles. The molecule has 0 spiro atoms. The molecule has 0 saturated carbocycles. The van der Waals surface area contributed by atoms with Gasteiger partial charge in [0.2, 0.25) is 5.95 Å². The number of nitrogens with zero attached hydrogens (tertiary/aromatic N) is 3. The minimum Gasteiger partial charge on any atom is -0.464 e. The Balaban J connectivity index is 0.00000264. The molecule has 2 aromatic rings. The van der Waals surface area contributed by atoms with E-state index in [0.29, 0.717) is 18.2 Å². The average Bonchev–Trinajstić information content (AvgIpc) is 3.02. The van der Waals surface area contributed by atoms with Crippen LogP contribution in [0.5, 0.6) is 0 Å². The van der Waals surface area contributed by atoms with Crippen LogP contribution < -0.4 is 16.4 Å². The molecule has 2 rings (SSSR count). The van der Waals surface area contributed by atoms with E-state index in [-0.39, 0.29) is 18.4 Å². The summed E-state index contributed by atoms with van der Waals surface area (Å²) in [6.45, 7) is 1.43. The van der Waals surface area contributed by atoms with Gasteiger partial charge in [0.25, 0.3) is 0 Å². The Kier molecular flexibility index (Phi) is 6.92. The number of methoxy groups -OCH3 is 1. The first-order valence-corrected chi connectivity index (χ1v) is 7.04. The number of imidazole rings is 1. The van der Waals surface area contributed by atoms with Crippen LogP contribution in [0.4, 0.5) is 17.5 Å². The number of anilines is 3. The molecule has 0 bridgehead atoms. The summed E-state index contributed by atoms with van der Waals surface area (Å²) in [7, 11) is 5.05. The molecular formula is C14H23ClN6O2. The first-order chi connectivity index (χ1) is 10.5. The number of carbonyl (C=O) groups is 1. The number of aromatic nitrogens is 3. The van der Waals surface area contributed by atoms with Crippen molar-refractivity contribution in [3.63, 3.8) is 0 Å². The van der Waals surface area contributed by atoms with Gasteiger partial charge in [-0.25, -0.2) is 4.79 Å². The fourth-order valence-corrected chi connectivity index (χ4v) is 2.06. The zero-order valence-corrected chi connectivity index (χ0v) is 14.3. The van der Waals surface area contributed by atoms with Crippen LogP contribution in [0.1, 0.15) is 16.9 Å². The van der Waals surface area contributed by atoms with E-state index in [1.165, 1.54) is 7.11 Å². The van der Waals surface area contributed by atoms with E-state index >= 15 is 0 Å². The van der Waals surface area contributed by atoms with Gasteiger partial charge in [0.1, 0.15) is 11.5 Å². The largest absolute Gasteiger partial charge is 0.464 e. The Bertz CT molecular complexity index is 652. The second-order valence-corrected chi connectivity index (χ2v) is 4.97. The molecule has 0 fully saturated rings. The number of carbonyl (C=O) groups excluding carboxylic acids is 1. The predicted molar refractivity (Wildman–Crippen MR) is 92.7 cm³/mol. The van der Waals surface area contributed by atoms with Crippen LogP contribution in [-0.2, 0) is 18.8 Å². The molecule has 0 atom stereocenters. The summed E-state index contributed by atoms with van der Waals surface area (Å²) in [6.07, 6.45) is 4.59. The number of nitrogens with one attached hydrogen (secondary N) is 2. The highest BCUT2D eigenvalue weighted by molar-refractivity contribution is 5.89. The quantitative estimate of drug-likeness (QED) is 0.520. The fraction of sp³-hybridized carbons (Fsp3) is 0.429. The van der Waals surface area contributed by atoms with E-state index in [9.17, 15) is 4.79 Å². The lowest BCUT2D eigenvalue weighted by atomic mass is 10.4. The van der Waals surface area contributed by atoms with E-state index < -0.39 is 0 Å². The zero-order valence-electron chi connectivity index (χ0n) is 13.5. The third kappa shape index (κ3) is 4.64. The number of rotatable bonds is 7. The van der Waals surface area contributed by atoms with E-state index in [1.807, 2.05) is 24.0 Å². The van der Waals surface area contributed by atoms with Crippen molar-refractivity contribution in [2.24, 2.45) is 19.8 Å². The summed E-state index contributed by atoms with van der Waals surface area (Å²) in [5.41, 5.74) is 6.71. The lowest BCUT2D eigenvalue weighted by Gasteiger charge is -2.02. The molecule has 0 amide bonds. The van der Waals surface area contributed by atoms with Gasteiger partial charge in [0, 0.05) is 33.0 Å². The molecule has 2 heterocycles. The molecule has 128 valence electrons. The maximum Gasteiger partial charge on any atom is 0.354 e. The predicted octanol–water partition coefficient (Wildman–Crippen LogP) is 1.47. The smallest absolute Gasteiger partial charge is 0.354 e. The second-order valence-electron chi connectivity index (χ2n) is 4.97. The van der Waals surface area contributed by atoms with Gasteiger partial charge in [0.15, 0.2) is 0 Å². The van der Waals surface area contributed by atoms with Gasteiger partial charge < -0.3 is 30.2 Å². The van der Waals surface area contributed by atoms with E-state index in [2.05, 4.69) is 15.6 Å². The molecule has 0 radical (unpaired) electrons. The molecule has 2 aromatic heterocycles. The van der Waals surface area contributed by atoms with Crippen LogP contribution in [0.3, 0.4) is 0 Å². The molecule has 0 unspecified atom stereocenters. The van der Waals surface area contributed by atoms with Gasteiger partial charge in [-0.15, -0.1) is 12.4 Å². The highest BCUT2D eigenvalue weighted by atomic mass is 35.5. The number of esters is 1. The molecular weight excluding hydrogens is 320 g/mol. The van der Waals surface area contributed by atoms with Crippen LogP contribution in [0.15, 0.2) is 18.5 Å². The average molecular weight is 343 g/mol. The summed E-state index contributed by atoms with van der Waals surface area (Å²) in [4.78, 5) is 16.1. The van der Waals surface area contributed by atoms with Crippen LogP contribution in [0.25, 0.3) is 0 Å². The van der Waals surface area contributed by atoms with Crippen molar-refractivity contribution in [3.8, 4) is 0 Å². The number of aryl methyl sites for hydroxylation is 2. The summed E-state index contributed by atoms with van der Waals surface area (Å²) >= 11 is 0. The Morgan fingerprint density at radius 2 is 2.09 bits per heavy atom. The summed E-state index contributed by atoms with van der Waals surface area (Å²) in [5.74, 6) is 1.08. The van der Waals surface area contributed by atoms with Crippen LogP contribution >= 0.6 is 12.4 Å². The van der Waals surface area contributed by atoms with E-state index in [4.69, 9.17) is 10.5 Å². The molecule has 9 heteroatoms. The second kappa shape index (κ2) is 8.44. The van der Waals surface area contributed by atoms with Crippen molar-refractivity contribution in [1.29, 1.82) is 0 Å². The molecule has 23 heavy (non-hydrogen) atoms. The van der Waals surface area contributed by atoms with Gasteiger partial charge in [-0.2, -0.15) is 4.98 Å². The summed E-state index contributed by atoms with van der Waals surface area (Å²) in [5, 5.41) is 6.39. The monoisotopic (exact) mass is 342 g/mol. The summed E-state index contributed by atoms with van der Waals surface area (Å²) in [6, 6.07) is 1.72. The minimum absolute atomic E-state index is 0. The highest BCUT2D eigenvalue weighted by Gasteiger charge is 2.13. The number of hydrogen-bond acceptors (Lipinski definition) is 6. The summed E-state index contributed by atoms with van der Waals surface area (Å²) < 4.78 is 8.31. The van der Waals surface area contributed by atoms with Crippen molar-refractivity contribution in [3.05, 3.63) is 24.2 Å². The topological polar surface area (TPSA) is 99.1 Å². The van der Waals surface area contributed by atoms with Crippen molar-refractivity contribution >= 4 is 35.8 Å². The number of hydrogen-bond donors (Lipinski definition) is 3. The van der Waals surface area contributed by atoms with Gasteiger partial charge in [-0.1, -0.05) is 0 Å². The molecule has 0 aliphatic heterocycles. The van der Waals surface area contributed by atoms with E-state index in [0.717, 1.165) is 24.5 Å². The Morgan fingerprint density at radius 1 is 1.35 bits per heavy atom. The van der Waals surface area contributed by atoms with Crippen LogP contribution in [0.2, 0.25) is 0 Å². The third-order valence-electron chi connectivity index (χ3n) is 3.22. The zero-order chi connectivity index (χ0) is 16.1. The molecule has 0 aliphatic rings. The molecule has 0 aliphatic carbocycles. The number of halogens is 1. The maximum absolute atomic E-state index is 11.6. The van der Waals surface area contributed by atoms with Crippen LogP contribution in [0, 0.1) is 0 Å². The number of nitrogens with two attached hydrogens (primary N) is 1. The first kappa shape index (κ1) is 18.9. The van der Waals surface area contributed by atoms with Crippen molar-refractivity contribution in [2.45, 2.75) is 6.42 Å². The molecule has 4 N–H and O–H groups in total. The fourth-order valence-electron chi connectivity index (χ4n) is 2.06. The lowest BCUT2D eigenvalue weighted by molar-refractivity contribution is 0.0590. The van der Waals surface area contributed by atoms with E-state index in [1.54, 1.807) is 17.7 Å². The van der Waals surface area contributed by atoms with Crippen LogP contribution in [-0.4, -0.2) is 40.3 Å². The highest BCUT2D eigenvalue weighted by Crippen LogP contribution is 2.20. The number of ether oxygens (including phenoxy) is 1. The SMILES string of the molecule is COC(=O)c1cc(Nc2nc(NCCCN)cn2C)cn1C.Cl. The first-order valence-electron chi connectivity index (χ1n) is 7.04. The van der Waals surface area contributed by atoms with Gasteiger partial charge in [-0.3, -0.25) is 0 Å². The van der Waals surface area contributed by atoms with Crippen molar-refractivity contribution in [2.75, 3.05) is 30.8 Å². The maximum atomic E-state index is 11.6. The Hall–Kier alpha value is -2.19. The third-order valence-corrected chi connectivity index (χ3v) is 3.22. The minimum atomic E-state index is -0.375.